The highest BCUT2D eigenvalue weighted by atomic mass is 32.2. The third-order valence-corrected chi connectivity index (χ3v) is 8.13. The number of hydrogen-bond acceptors (Lipinski definition) is 7. The van der Waals surface area contributed by atoms with Crippen LogP contribution in [0.1, 0.15) is 32.4 Å². The monoisotopic (exact) mass is 487 g/mol. The minimum absolute atomic E-state index is 0.0804. The lowest BCUT2D eigenvalue weighted by Gasteiger charge is -2.08. The summed E-state index contributed by atoms with van der Waals surface area (Å²) >= 11 is 0. The molecule has 0 spiro atoms. The summed E-state index contributed by atoms with van der Waals surface area (Å²) in [6, 6.07) is 16.4. The van der Waals surface area contributed by atoms with Crippen molar-refractivity contribution in [2.24, 2.45) is 5.73 Å². The number of fused-ring (bicyclic) bond motifs is 1. The molecule has 8 nitrogen and oxygen atoms in total. The van der Waals surface area contributed by atoms with Crippen molar-refractivity contribution in [2.45, 2.75) is 37.0 Å². The lowest BCUT2D eigenvalue weighted by Crippen LogP contribution is -2.13. The van der Waals surface area contributed by atoms with Crippen LogP contribution in [-0.4, -0.2) is 33.8 Å². The summed E-state index contributed by atoms with van der Waals surface area (Å²) < 4.78 is 30.5. The van der Waals surface area contributed by atoms with Gasteiger partial charge >= 0.3 is 0 Å². The second-order valence-electron chi connectivity index (χ2n) is 8.76. The van der Waals surface area contributed by atoms with Crippen LogP contribution < -0.4 is 5.73 Å². The third-order valence-electron chi connectivity index (χ3n) is 5.96. The van der Waals surface area contributed by atoms with Crippen molar-refractivity contribution in [2.75, 3.05) is 0 Å². The van der Waals surface area contributed by atoms with E-state index in [0.29, 0.717) is 28.3 Å². The molecule has 5 aromatic rings. The molecule has 0 bridgehead atoms. The van der Waals surface area contributed by atoms with Crippen LogP contribution in [0, 0.1) is 0 Å². The Morgan fingerprint density at radius 3 is 2.46 bits per heavy atom. The van der Waals surface area contributed by atoms with E-state index in [9.17, 15) is 8.42 Å². The zero-order chi connectivity index (χ0) is 24.7. The Kier molecular flexibility index (Phi) is 5.74. The van der Waals surface area contributed by atoms with Crippen LogP contribution in [0.5, 0.6) is 0 Å². The first-order valence-electron chi connectivity index (χ1n) is 11.3. The van der Waals surface area contributed by atoms with Gasteiger partial charge in [0, 0.05) is 29.4 Å². The number of aromatic amines is 1. The topological polar surface area (TPSA) is 128 Å². The largest absolute Gasteiger partial charge is 0.356 e. The van der Waals surface area contributed by atoms with E-state index in [1.165, 1.54) is 0 Å². The summed E-state index contributed by atoms with van der Waals surface area (Å²) in [5, 5.41) is 3.76. The average molecular weight is 488 g/mol. The zero-order valence-corrected chi connectivity index (χ0v) is 20.4. The van der Waals surface area contributed by atoms with Gasteiger partial charge in [-0.05, 0) is 44.5 Å². The molecule has 3 heterocycles. The summed E-state index contributed by atoms with van der Waals surface area (Å²) in [5.41, 5.74) is 12.0. The highest BCUT2D eigenvalue weighted by Gasteiger charge is 2.20. The van der Waals surface area contributed by atoms with Crippen LogP contribution in [-0.2, 0) is 9.84 Å². The molecule has 1 unspecified atom stereocenters. The summed E-state index contributed by atoms with van der Waals surface area (Å²) in [6.45, 7) is 5.27. The van der Waals surface area contributed by atoms with Gasteiger partial charge in [-0.1, -0.05) is 35.5 Å². The van der Waals surface area contributed by atoms with Crippen molar-refractivity contribution < 1.29 is 12.9 Å². The van der Waals surface area contributed by atoms with Gasteiger partial charge in [0.05, 0.1) is 27.6 Å². The number of benzene rings is 2. The van der Waals surface area contributed by atoms with Gasteiger partial charge in [-0.3, -0.25) is 0 Å². The summed E-state index contributed by atoms with van der Waals surface area (Å²) in [7, 11) is -3.34. The molecule has 3 aromatic heterocycles. The Balaban J connectivity index is 1.50. The smallest absolute Gasteiger partial charge is 0.180 e. The highest BCUT2D eigenvalue weighted by Crippen LogP contribution is 2.32. The van der Waals surface area contributed by atoms with Crippen molar-refractivity contribution in [3.8, 4) is 33.8 Å². The lowest BCUT2D eigenvalue weighted by molar-refractivity contribution is 0.435. The number of rotatable bonds is 6. The second kappa shape index (κ2) is 8.75. The van der Waals surface area contributed by atoms with Gasteiger partial charge in [0.15, 0.2) is 21.2 Å². The first-order chi connectivity index (χ1) is 16.7. The molecule has 0 saturated heterocycles. The second-order valence-corrected chi connectivity index (χ2v) is 11.3. The zero-order valence-electron chi connectivity index (χ0n) is 19.6. The van der Waals surface area contributed by atoms with Crippen LogP contribution in [0.4, 0.5) is 0 Å². The molecule has 0 aliphatic carbocycles. The van der Waals surface area contributed by atoms with Crippen molar-refractivity contribution in [3.63, 3.8) is 0 Å². The maximum atomic E-state index is 12.4. The molecule has 178 valence electrons. The number of sulfone groups is 1. The van der Waals surface area contributed by atoms with Gasteiger partial charge in [0.2, 0.25) is 0 Å². The van der Waals surface area contributed by atoms with Gasteiger partial charge < -0.3 is 15.2 Å². The molecule has 3 N–H and O–H groups in total. The van der Waals surface area contributed by atoms with E-state index in [0.717, 1.165) is 22.3 Å². The lowest BCUT2D eigenvalue weighted by atomic mass is 10.0. The highest BCUT2D eigenvalue weighted by molar-refractivity contribution is 7.92. The molecule has 0 fully saturated rings. The maximum absolute atomic E-state index is 12.4. The first kappa shape index (κ1) is 22.9. The maximum Gasteiger partial charge on any atom is 0.180 e. The van der Waals surface area contributed by atoms with Crippen LogP contribution in [0.15, 0.2) is 76.4 Å². The standard InChI is InChI=1S/C26H25N5O3S/c1-15(2)35(32,33)20-9-7-17(8-10-20)23-14-29-26-25(30-23)21(13-28-26)24-12-22(31-34-24)19-6-4-5-18(11-19)16(3)27/h4-16H,27H2,1-3H3,(H,28,29). The molecule has 5 rings (SSSR count). The van der Waals surface area contributed by atoms with E-state index in [-0.39, 0.29) is 10.9 Å². The Morgan fingerprint density at radius 1 is 0.971 bits per heavy atom. The van der Waals surface area contributed by atoms with E-state index >= 15 is 0 Å². The van der Waals surface area contributed by atoms with E-state index in [1.807, 2.05) is 37.3 Å². The van der Waals surface area contributed by atoms with Gasteiger partial charge in [-0.2, -0.15) is 0 Å². The van der Waals surface area contributed by atoms with Crippen molar-refractivity contribution in [1.29, 1.82) is 0 Å². The number of H-pyrrole nitrogens is 1. The normalized spacial score (nSPS) is 12.9. The van der Waals surface area contributed by atoms with Crippen LogP contribution in [0.3, 0.4) is 0 Å². The van der Waals surface area contributed by atoms with E-state index in [2.05, 4.69) is 15.1 Å². The number of aromatic nitrogens is 4. The van der Waals surface area contributed by atoms with Crippen LogP contribution in [0.25, 0.3) is 45.0 Å². The van der Waals surface area contributed by atoms with Crippen molar-refractivity contribution in [3.05, 3.63) is 72.6 Å². The van der Waals surface area contributed by atoms with E-state index < -0.39 is 15.1 Å². The SMILES string of the molecule is CC(N)c1cccc(-c2cc(-c3c[nH]c4ncc(-c5ccc(S(=O)(=O)C(C)C)cc5)nc34)on2)c1. The fourth-order valence-corrected chi connectivity index (χ4v) is 4.89. The molecule has 1 atom stereocenters. The molecule has 2 aromatic carbocycles. The fraction of sp³-hybridized carbons (Fsp3) is 0.192. The fourth-order valence-electron chi connectivity index (χ4n) is 3.83. The van der Waals surface area contributed by atoms with Gasteiger partial charge in [0.25, 0.3) is 0 Å². The molecule has 35 heavy (non-hydrogen) atoms. The minimum Gasteiger partial charge on any atom is -0.356 e. The predicted octanol–water partition coefficient (Wildman–Crippen LogP) is 5.15. The summed E-state index contributed by atoms with van der Waals surface area (Å²) in [4.78, 5) is 12.7. The molecular formula is C26H25N5O3S. The Hall–Kier alpha value is -3.82. The minimum atomic E-state index is -3.34. The Morgan fingerprint density at radius 2 is 1.74 bits per heavy atom. The average Bonchev–Trinajstić information content (AvgIpc) is 3.51. The number of nitrogens with one attached hydrogen (secondary N) is 1. The van der Waals surface area contributed by atoms with Crippen molar-refractivity contribution in [1.82, 2.24) is 20.1 Å². The first-order valence-corrected chi connectivity index (χ1v) is 12.8. The number of hydrogen-bond donors (Lipinski definition) is 2. The van der Waals surface area contributed by atoms with Gasteiger partial charge in [-0.15, -0.1) is 0 Å². The number of nitrogens with zero attached hydrogens (tertiary/aromatic N) is 3. The van der Waals surface area contributed by atoms with Crippen LogP contribution >= 0.6 is 0 Å². The van der Waals surface area contributed by atoms with Gasteiger partial charge in [-0.25, -0.2) is 18.4 Å². The molecular weight excluding hydrogens is 462 g/mol. The summed E-state index contributed by atoms with van der Waals surface area (Å²) in [6.07, 6.45) is 3.44. The predicted molar refractivity (Wildman–Crippen MR) is 135 cm³/mol. The third kappa shape index (κ3) is 4.24. The number of nitrogens with two attached hydrogens (primary N) is 1. The molecule has 0 amide bonds. The molecule has 0 saturated carbocycles. The molecule has 9 heteroatoms. The van der Waals surface area contributed by atoms with Crippen LogP contribution in [0.2, 0.25) is 0 Å². The molecule has 0 aliphatic rings. The quantitative estimate of drug-likeness (QED) is 0.339. The van der Waals surface area contributed by atoms with E-state index in [1.54, 1.807) is 50.5 Å². The van der Waals surface area contributed by atoms with Crippen molar-refractivity contribution >= 4 is 21.0 Å². The van der Waals surface area contributed by atoms with E-state index in [4.69, 9.17) is 15.2 Å². The Bertz CT molecular complexity index is 1620. The summed E-state index contributed by atoms with van der Waals surface area (Å²) in [5.74, 6) is 0.558. The molecule has 0 radical (unpaired) electrons. The Labute approximate surface area is 203 Å². The molecule has 0 aliphatic heterocycles. The van der Waals surface area contributed by atoms with Gasteiger partial charge in [0.1, 0.15) is 11.2 Å².